The summed E-state index contributed by atoms with van der Waals surface area (Å²) in [5.74, 6) is 0. The molecule has 0 bridgehead atoms. The van der Waals surface area contributed by atoms with Crippen LogP contribution < -0.4 is 0 Å². The van der Waals surface area contributed by atoms with Gasteiger partial charge in [0, 0.05) is 0 Å². The second-order valence-electron chi connectivity index (χ2n) is 4.26. The van der Waals surface area contributed by atoms with Crippen molar-refractivity contribution in [2.24, 2.45) is 0 Å². The summed E-state index contributed by atoms with van der Waals surface area (Å²) in [4.78, 5) is 2.66. The summed E-state index contributed by atoms with van der Waals surface area (Å²) in [6, 6.07) is 0. The van der Waals surface area contributed by atoms with Gasteiger partial charge in [0.25, 0.3) is 0 Å². The van der Waals surface area contributed by atoms with Crippen molar-refractivity contribution in [2.75, 3.05) is 19.6 Å². The van der Waals surface area contributed by atoms with Crippen LogP contribution in [-0.2, 0) is 0 Å². The number of nitrogens with zero attached hydrogens (tertiary/aromatic N) is 1. The quantitative estimate of drug-likeness (QED) is 0.504. The van der Waals surface area contributed by atoms with Gasteiger partial charge in [-0.15, -0.1) is 12.4 Å². The Labute approximate surface area is 103 Å². The minimum Gasteiger partial charge on any atom is -0.303 e. The highest BCUT2D eigenvalue weighted by Gasteiger charge is 2.02. The molecule has 0 N–H and O–H groups in total. The fourth-order valence-corrected chi connectivity index (χ4v) is 1.68. The van der Waals surface area contributed by atoms with E-state index < -0.39 is 0 Å². The molecular formula is C13H30ClN. The standard InChI is InChI=1S/C13H29N.ClH/c1-4-7-10-13-14(11-8-5-2)12-9-6-3;/h4-13H2,1-3H3;1H. The maximum absolute atomic E-state index is 2.66. The van der Waals surface area contributed by atoms with Gasteiger partial charge in [0.2, 0.25) is 0 Å². The van der Waals surface area contributed by atoms with Crippen LogP contribution in [0.15, 0.2) is 0 Å². The summed E-state index contributed by atoms with van der Waals surface area (Å²) >= 11 is 0. The molecule has 0 saturated heterocycles. The average molecular weight is 236 g/mol. The van der Waals surface area contributed by atoms with Crippen molar-refractivity contribution < 1.29 is 0 Å². The molecule has 0 spiro atoms. The Hall–Kier alpha value is 0.250. The van der Waals surface area contributed by atoms with E-state index in [1.54, 1.807) is 0 Å². The minimum absolute atomic E-state index is 0. The molecular weight excluding hydrogens is 206 g/mol. The van der Waals surface area contributed by atoms with Gasteiger partial charge in [0.15, 0.2) is 0 Å². The molecule has 0 atom stereocenters. The third-order valence-electron chi connectivity index (χ3n) is 2.73. The molecule has 0 amide bonds. The van der Waals surface area contributed by atoms with Gasteiger partial charge in [0.05, 0.1) is 0 Å². The largest absolute Gasteiger partial charge is 0.303 e. The lowest BCUT2D eigenvalue weighted by molar-refractivity contribution is 0.259. The molecule has 0 fully saturated rings. The van der Waals surface area contributed by atoms with Crippen LogP contribution in [0, 0.1) is 0 Å². The zero-order chi connectivity index (χ0) is 10.6. The van der Waals surface area contributed by atoms with E-state index in [1.807, 2.05) is 0 Å². The Bertz CT molecular complexity index is 98.7. The van der Waals surface area contributed by atoms with Gasteiger partial charge in [-0.05, 0) is 38.9 Å². The molecule has 1 nitrogen and oxygen atoms in total. The van der Waals surface area contributed by atoms with Crippen LogP contribution in [0.1, 0.15) is 65.7 Å². The van der Waals surface area contributed by atoms with Crippen molar-refractivity contribution in [3.8, 4) is 0 Å². The summed E-state index contributed by atoms with van der Waals surface area (Å²) in [6.07, 6.45) is 9.53. The van der Waals surface area contributed by atoms with E-state index >= 15 is 0 Å². The number of unbranched alkanes of at least 4 members (excludes halogenated alkanes) is 4. The Morgan fingerprint density at radius 3 is 1.40 bits per heavy atom. The predicted molar refractivity (Wildman–Crippen MR) is 73.0 cm³/mol. The van der Waals surface area contributed by atoms with E-state index in [0.717, 1.165) is 0 Å². The number of rotatable bonds is 10. The lowest BCUT2D eigenvalue weighted by atomic mass is 10.2. The van der Waals surface area contributed by atoms with Crippen LogP contribution in [-0.4, -0.2) is 24.5 Å². The average Bonchev–Trinajstić information content (AvgIpc) is 2.21. The fraction of sp³-hybridized carbons (Fsp3) is 1.00. The normalized spacial score (nSPS) is 10.4. The Balaban J connectivity index is 0. The van der Waals surface area contributed by atoms with E-state index in [4.69, 9.17) is 0 Å². The third-order valence-corrected chi connectivity index (χ3v) is 2.73. The molecule has 0 saturated carbocycles. The van der Waals surface area contributed by atoms with Crippen LogP contribution in [0.4, 0.5) is 0 Å². The molecule has 0 aromatic heterocycles. The molecule has 0 aliphatic rings. The summed E-state index contributed by atoms with van der Waals surface area (Å²) in [5.41, 5.74) is 0. The maximum Gasteiger partial charge on any atom is -0.00187 e. The summed E-state index contributed by atoms with van der Waals surface area (Å²) in [6.45, 7) is 10.8. The molecule has 0 aliphatic heterocycles. The molecule has 0 unspecified atom stereocenters. The number of hydrogen-bond donors (Lipinski definition) is 0. The first-order valence-corrected chi connectivity index (χ1v) is 6.57. The molecule has 94 valence electrons. The highest BCUT2D eigenvalue weighted by molar-refractivity contribution is 5.85. The molecule has 0 heterocycles. The smallest absolute Gasteiger partial charge is 0.00187 e. The molecule has 0 aromatic rings. The van der Waals surface area contributed by atoms with Gasteiger partial charge < -0.3 is 4.90 Å². The van der Waals surface area contributed by atoms with Crippen LogP contribution in [0.2, 0.25) is 0 Å². The van der Waals surface area contributed by atoms with Crippen molar-refractivity contribution in [3.63, 3.8) is 0 Å². The highest BCUT2D eigenvalue weighted by Crippen LogP contribution is 2.03. The van der Waals surface area contributed by atoms with Gasteiger partial charge >= 0.3 is 0 Å². The topological polar surface area (TPSA) is 3.24 Å². The summed E-state index contributed by atoms with van der Waals surface area (Å²) in [7, 11) is 0. The maximum atomic E-state index is 2.66. The van der Waals surface area contributed by atoms with E-state index in [1.165, 1.54) is 64.6 Å². The van der Waals surface area contributed by atoms with Gasteiger partial charge in [-0.1, -0.05) is 46.5 Å². The van der Waals surface area contributed by atoms with Crippen molar-refractivity contribution >= 4 is 12.4 Å². The first-order valence-electron chi connectivity index (χ1n) is 6.57. The molecule has 0 radical (unpaired) electrons. The van der Waals surface area contributed by atoms with Crippen LogP contribution in [0.25, 0.3) is 0 Å². The first kappa shape index (κ1) is 17.6. The summed E-state index contributed by atoms with van der Waals surface area (Å²) < 4.78 is 0. The SMILES string of the molecule is CCCCCN(CCCC)CCCC.Cl. The van der Waals surface area contributed by atoms with Crippen LogP contribution >= 0.6 is 12.4 Å². The van der Waals surface area contributed by atoms with Crippen molar-refractivity contribution in [1.29, 1.82) is 0 Å². The first-order chi connectivity index (χ1) is 6.85. The van der Waals surface area contributed by atoms with E-state index in [0.29, 0.717) is 0 Å². The van der Waals surface area contributed by atoms with Crippen molar-refractivity contribution in [1.82, 2.24) is 4.90 Å². The van der Waals surface area contributed by atoms with Crippen LogP contribution in [0.5, 0.6) is 0 Å². The molecule has 2 heteroatoms. The van der Waals surface area contributed by atoms with E-state index in [-0.39, 0.29) is 12.4 Å². The number of hydrogen-bond acceptors (Lipinski definition) is 1. The van der Waals surface area contributed by atoms with Gasteiger partial charge in [-0.25, -0.2) is 0 Å². The van der Waals surface area contributed by atoms with Gasteiger partial charge in [0.1, 0.15) is 0 Å². The highest BCUT2D eigenvalue weighted by atomic mass is 35.5. The van der Waals surface area contributed by atoms with E-state index in [2.05, 4.69) is 25.7 Å². The Kier molecular flexibility index (Phi) is 16.8. The predicted octanol–water partition coefficient (Wildman–Crippen LogP) is 4.50. The molecule has 15 heavy (non-hydrogen) atoms. The fourth-order valence-electron chi connectivity index (χ4n) is 1.68. The zero-order valence-electron chi connectivity index (χ0n) is 10.9. The Morgan fingerprint density at radius 2 is 1.00 bits per heavy atom. The zero-order valence-corrected chi connectivity index (χ0v) is 11.7. The minimum atomic E-state index is 0. The third kappa shape index (κ3) is 12.2. The van der Waals surface area contributed by atoms with E-state index in [9.17, 15) is 0 Å². The van der Waals surface area contributed by atoms with Gasteiger partial charge in [-0.3, -0.25) is 0 Å². The lowest BCUT2D eigenvalue weighted by Crippen LogP contribution is -2.27. The second kappa shape index (κ2) is 14.2. The molecule has 0 aromatic carbocycles. The lowest BCUT2D eigenvalue weighted by Gasteiger charge is -2.21. The van der Waals surface area contributed by atoms with Crippen LogP contribution in [0.3, 0.4) is 0 Å². The van der Waals surface area contributed by atoms with Crippen molar-refractivity contribution in [2.45, 2.75) is 65.7 Å². The summed E-state index contributed by atoms with van der Waals surface area (Å²) in [5, 5.41) is 0. The number of halogens is 1. The van der Waals surface area contributed by atoms with Gasteiger partial charge in [-0.2, -0.15) is 0 Å². The molecule has 0 aliphatic carbocycles. The Morgan fingerprint density at radius 1 is 0.600 bits per heavy atom. The van der Waals surface area contributed by atoms with Crippen molar-refractivity contribution in [3.05, 3.63) is 0 Å². The second-order valence-corrected chi connectivity index (χ2v) is 4.26. The molecule has 0 rings (SSSR count). The monoisotopic (exact) mass is 235 g/mol.